The number of anilines is 1. The van der Waals surface area contributed by atoms with Gasteiger partial charge in [0.25, 0.3) is 0 Å². The Labute approximate surface area is 125 Å². The lowest BCUT2D eigenvalue weighted by molar-refractivity contribution is -0.137. The average molecular weight is 312 g/mol. The number of aromatic nitrogens is 1. The molecule has 0 saturated carbocycles. The summed E-state index contributed by atoms with van der Waals surface area (Å²) in [5.74, 6) is 0.151. The summed E-state index contributed by atoms with van der Waals surface area (Å²) in [5, 5.41) is 12.7. The molecule has 0 saturated heterocycles. The topological polar surface area (TPSA) is 54.4 Å². The maximum Gasteiger partial charge on any atom is 0.419 e. The van der Waals surface area contributed by atoms with Crippen molar-refractivity contribution in [2.75, 3.05) is 19.0 Å². The van der Waals surface area contributed by atoms with Crippen LogP contribution in [-0.4, -0.2) is 23.7 Å². The number of aliphatic hydroxyl groups is 1. The van der Waals surface area contributed by atoms with Crippen molar-refractivity contribution in [2.24, 2.45) is 0 Å². The van der Waals surface area contributed by atoms with Crippen LogP contribution in [0.15, 0.2) is 42.6 Å². The smallest absolute Gasteiger partial charge is 0.419 e. The molecule has 2 N–H and O–H groups in total. The second-order valence-electron chi connectivity index (χ2n) is 4.54. The summed E-state index contributed by atoms with van der Waals surface area (Å²) in [6.45, 7) is -0.125. The average Bonchev–Trinajstić information content (AvgIpc) is 2.52. The third-order valence-corrected chi connectivity index (χ3v) is 3.07. The Morgan fingerprint density at radius 1 is 1.23 bits per heavy atom. The summed E-state index contributed by atoms with van der Waals surface area (Å²) < 4.78 is 43.7. The molecule has 22 heavy (non-hydrogen) atoms. The molecule has 1 heterocycles. The van der Waals surface area contributed by atoms with Crippen molar-refractivity contribution in [2.45, 2.75) is 12.3 Å². The summed E-state index contributed by atoms with van der Waals surface area (Å²) >= 11 is 0. The molecule has 2 aromatic rings. The van der Waals surface area contributed by atoms with E-state index in [2.05, 4.69) is 10.3 Å². The van der Waals surface area contributed by atoms with Crippen LogP contribution in [0, 0.1) is 0 Å². The van der Waals surface area contributed by atoms with Crippen molar-refractivity contribution in [3.63, 3.8) is 0 Å². The zero-order valence-electron chi connectivity index (χ0n) is 11.8. The lowest BCUT2D eigenvalue weighted by atomic mass is 10.1. The minimum Gasteiger partial charge on any atom is -0.496 e. The van der Waals surface area contributed by atoms with Crippen molar-refractivity contribution in [3.05, 3.63) is 53.7 Å². The van der Waals surface area contributed by atoms with Crippen molar-refractivity contribution in [1.82, 2.24) is 4.98 Å². The maximum atomic E-state index is 12.9. The lowest BCUT2D eigenvalue weighted by Crippen LogP contribution is -2.17. The van der Waals surface area contributed by atoms with Crippen molar-refractivity contribution in [3.8, 4) is 5.75 Å². The van der Waals surface area contributed by atoms with Gasteiger partial charge in [-0.15, -0.1) is 0 Å². The van der Waals surface area contributed by atoms with Crippen LogP contribution >= 0.6 is 0 Å². The molecule has 1 aromatic carbocycles. The van der Waals surface area contributed by atoms with Crippen LogP contribution in [0.1, 0.15) is 17.2 Å². The number of benzene rings is 1. The molecule has 7 heteroatoms. The van der Waals surface area contributed by atoms with Crippen molar-refractivity contribution >= 4 is 5.82 Å². The summed E-state index contributed by atoms with van der Waals surface area (Å²) in [7, 11) is 1.46. The summed E-state index contributed by atoms with van der Waals surface area (Å²) in [6, 6.07) is 8.91. The van der Waals surface area contributed by atoms with Crippen LogP contribution in [0.4, 0.5) is 19.0 Å². The van der Waals surface area contributed by atoms with Gasteiger partial charge in [0.15, 0.2) is 0 Å². The summed E-state index contributed by atoms with van der Waals surface area (Å²) in [5.41, 5.74) is -0.385. The highest BCUT2D eigenvalue weighted by molar-refractivity contribution is 5.46. The fourth-order valence-corrected chi connectivity index (χ4v) is 2.02. The highest BCUT2D eigenvalue weighted by Gasteiger charge is 2.34. The lowest BCUT2D eigenvalue weighted by Gasteiger charge is -2.17. The first-order chi connectivity index (χ1) is 10.4. The van der Waals surface area contributed by atoms with E-state index in [0.717, 1.165) is 6.07 Å². The van der Waals surface area contributed by atoms with Crippen LogP contribution < -0.4 is 10.1 Å². The van der Waals surface area contributed by atoms with Gasteiger partial charge < -0.3 is 15.2 Å². The summed E-state index contributed by atoms with van der Waals surface area (Å²) in [6.07, 6.45) is -4.28. The molecule has 2 rings (SSSR count). The first-order valence-corrected chi connectivity index (χ1v) is 6.50. The quantitative estimate of drug-likeness (QED) is 0.890. The molecule has 0 unspecified atom stereocenters. The molecule has 0 aliphatic carbocycles. The van der Waals surface area contributed by atoms with Gasteiger partial charge in [0.1, 0.15) is 11.6 Å². The number of ether oxygens (including phenoxy) is 1. The predicted molar refractivity (Wildman–Crippen MR) is 75.7 cm³/mol. The van der Waals surface area contributed by atoms with Crippen LogP contribution in [-0.2, 0) is 6.18 Å². The third kappa shape index (κ3) is 3.67. The predicted octanol–water partition coefficient (Wildman–Crippen LogP) is 3.25. The van der Waals surface area contributed by atoms with Gasteiger partial charge in [-0.25, -0.2) is 4.98 Å². The van der Waals surface area contributed by atoms with Gasteiger partial charge in [-0.05, 0) is 18.2 Å². The first-order valence-electron chi connectivity index (χ1n) is 6.50. The highest BCUT2D eigenvalue weighted by atomic mass is 19.4. The number of nitrogens with one attached hydrogen (secondary N) is 1. The van der Waals surface area contributed by atoms with Gasteiger partial charge in [-0.1, -0.05) is 18.2 Å². The van der Waals surface area contributed by atoms with Gasteiger partial charge in [-0.2, -0.15) is 13.2 Å². The standard InChI is InChI=1S/C15H15F3N2O2/c1-22-13-7-3-2-5-10(13)12(21)9-20-14-11(15(16,17)18)6-4-8-19-14/h2-8,12,21H,9H2,1H3,(H,19,20)/t12-/m1/s1. The Balaban J connectivity index is 2.14. The molecular formula is C15H15F3N2O2. The van der Waals surface area contributed by atoms with E-state index in [0.29, 0.717) is 11.3 Å². The van der Waals surface area contributed by atoms with Crippen LogP contribution in [0.2, 0.25) is 0 Å². The Bertz CT molecular complexity index is 632. The molecule has 0 aliphatic heterocycles. The molecule has 1 atom stereocenters. The number of para-hydroxylation sites is 1. The molecule has 0 spiro atoms. The van der Waals surface area contributed by atoms with E-state index in [1.807, 2.05) is 0 Å². The molecule has 4 nitrogen and oxygen atoms in total. The van der Waals surface area contributed by atoms with Crippen LogP contribution in [0.25, 0.3) is 0 Å². The zero-order valence-corrected chi connectivity index (χ0v) is 11.8. The first kappa shape index (κ1) is 16.1. The molecule has 0 fully saturated rings. The number of alkyl halides is 3. The van der Waals surface area contributed by atoms with Gasteiger partial charge in [0.2, 0.25) is 0 Å². The minimum atomic E-state index is -4.51. The van der Waals surface area contributed by atoms with E-state index in [4.69, 9.17) is 4.74 Å². The number of rotatable bonds is 5. The van der Waals surface area contributed by atoms with E-state index in [1.54, 1.807) is 24.3 Å². The van der Waals surface area contributed by atoms with Crippen LogP contribution in [0.3, 0.4) is 0 Å². The number of hydrogen-bond donors (Lipinski definition) is 2. The van der Waals surface area contributed by atoms with Crippen molar-refractivity contribution in [1.29, 1.82) is 0 Å². The van der Waals surface area contributed by atoms with Gasteiger partial charge in [-0.3, -0.25) is 0 Å². The number of halogens is 3. The minimum absolute atomic E-state index is 0.125. The van der Waals surface area contributed by atoms with E-state index in [9.17, 15) is 18.3 Å². The SMILES string of the molecule is COc1ccccc1[C@H](O)CNc1ncccc1C(F)(F)F. The van der Waals surface area contributed by atoms with E-state index >= 15 is 0 Å². The van der Waals surface area contributed by atoms with E-state index in [-0.39, 0.29) is 12.4 Å². The molecule has 1 aromatic heterocycles. The Hall–Kier alpha value is -2.28. The molecule has 118 valence electrons. The van der Waals surface area contributed by atoms with Crippen LogP contribution in [0.5, 0.6) is 5.75 Å². The Kier molecular flexibility index (Phi) is 4.87. The fourth-order valence-electron chi connectivity index (χ4n) is 2.02. The van der Waals surface area contributed by atoms with E-state index < -0.39 is 17.8 Å². The molecule has 0 bridgehead atoms. The fraction of sp³-hybridized carbons (Fsp3) is 0.267. The highest BCUT2D eigenvalue weighted by Crippen LogP contribution is 2.33. The van der Waals surface area contributed by atoms with Gasteiger partial charge in [0.05, 0.1) is 18.8 Å². The van der Waals surface area contributed by atoms with Gasteiger partial charge in [0, 0.05) is 18.3 Å². The number of aliphatic hydroxyl groups excluding tert-OH is 1. The van der Waals surface area contributed by atoms with Crippen molar-refractivity contribution < 1.29 is 23.0 Å². The number of pyridine rings is 1. The Morgan fingerprint density at radius 2 is 1.95 bits per heavy atom. The molecule has 0 amide bonds. The zero-order chi connectivity index (χ0) is 16.2. The number of nitrogens with zero attached hydrogens (tertiary/aromatic N) is 1. The summed E-state index contributed by atoms with van der Waals surface area (Å²) in [4.78, 5) is 3.68. The normalized spacial score (nSPS) is 12.8. The molecular weight excluding hydrogens is 297 g/mol. The third-order valence-electron chi connectivity index (χ3n) is 3.07. The molecule has 0 aliphatic rings. The second-order valence-corrected chi connectivity index (χ2v) is 4.54. The monoisotopic (exact) mass is 312 g/mol. The van der Waals surface area contributed by atoms with Gasteiger partial charge >= 0.3 is 6.18 Å². The number of hydrogen-bond acceptors (Lipinski definition) is 4. The maximum absolute atomic E-state index is 12.9. The number of methoxy groups -OCH3 is 1. The second kappa shape index (κ2) is 6.65. The van der Waals surface area contributed by atoms with E-state index in [1.165, 1.54) is 19.4 Å². The largest absolute Gasteiger partial charge is 0.496 e. The Morgan fingerprint density at radius 3 is 2.64 bits per heavy atom. The molecule has 0 radical (unpaired) electrons.